The molecule has 1 aliphatic rings. The van der Waals surface area contributed by atoms with E-state index in [-0.39, 0.29) is 17.9 Å². The maximum Gasteiger partial charge on any atom is 0.306 e. The molecule has 33 heavy (non-hydrogen) atoms. The van der Waals surface area contributed by atoms with Crippen molar-refractivity contribution in [2.24, 2.45) is 11.8 Å². The molecule has 174 valence electrons. The molecule has 1 amide bonds. The van der Waals surface area contributed by atoms with Crippen LogP contribution in [0.3, 0.4) is 0 Å². The van der Waals surface area contributed by atoms with Gasteiger partial charge < -0.3 is 20.5 Å². The first-order valence-corrected chi connectivity index (χ1v) is 11.1. The molecule has 1 fully saturated rings. The Morgan fingerprint density at radius 3 is 2.61 bits per heavy atom. The van der Waals surface area contributed by atoms with Crippen LogP contribution in [0.5, 0.6) is 5.75 Å². The van der Waals surface area contributed by atoms with Gasteiger partial charge in [0.2, 0.25) is 0 Å². The van der Waals surface area contributed by atoms with Crippen molar-refractivity contribution in [1.82, 2.24) is 10.3 Å². The number of ether oxygens (including phenoxy) is 1. The number of hydrogen-bond donors (Lipinski definition) is 3. The van der Waals surface area contributed by atoms with Gasteiger partial charge in [0.1, 0.15) is 11.6 Å². The summed E-state index contributed by atoms with van der Waals surface area (Å²) in [5.74, 6) is 0.468. The lowest BCUT2D eigenvalue weighted by atomic mass is 9.82. The maximum absolute atomic E-state index is 12.6. The number of pyridine rings is 1. The van der Waals surface area contributed by atoms with Gasteiger partial charge in [-0.25, -0.2) is 4.98 Å². The first kappa shape index (κ1) is 24.1. The molecule has 3 N–H and O–H groups in total. The molecule has 0 bridgehead atoms. The van der Waals surface area contributed by atoms with Crippen LogP contribution in [0.1, 0.15) is 65.7 Å². The summed E-state index contributed by atoms with van der Waals surface area (Å²) in [6, 6.07) is 9.04. The molecule has 8 nitrogen and oxygen atoms in total. The molecule has 0 radical (unpaired) electrons. The first-order chi connectivity index (χ1) is 15.8. The molecule has 3 rings (SSSR count). The van der Waals surface area contributed by atoms with Gasteiger partial charge in [0, 0.05) is 18.3 Å². The standard InChI is InChI=1S/C25H30N4O4/c1-15-10-20(24(30)28-13-17-4-7-19(8-5-17)25(31)32)14-27-23(15)29-16(2)21-11-18(12-26)6-9-22(21)33-3/h6,9-11,14,16-17,19H,4-5,7-8,13H2,1-3H3,(H,27,29)(H,28,30)(H,31,32)/t16-,17-,19-/m0/s1. The molecule has 0 spiro atoms. The third-order valence-electron chi connectivity index (χ3n) is 6.27. The number of nitrogens with zero attached hydrogens (tertiary/aromatic N) is 2. The van der Waals surface area contributed by atoms with Gasteiger partial charge in [0.05, 0.1) is 36.3 Å². The van der Waals surface area contributed by atoms with Crippen LogP contribution in [0.4, 0.5) is 5.82 Å². The van der Waals surface area contributed by atoms with Gasteiger partial charge in [0.25, 0.3) is 5.91 Å². The minimum absolute atomic E-state index is 0.167. The third kappa shape index (κ3) is 6.01. The number of carbonyl (C=O) groups is 2. The number of amides is 1. The smallest absolute Gasteiger partial charge is 0.306 e. The van der Waals surface area contributed by atoms with Crippen molar-refractivity contribution >= 4 is 17.7 Å². The Balaban J connectivity index is 1.60. The highest BCUT2D eigenvalue weighted by molar-refractivity contribution is 5.94. The van der Waals surface area contributed by atoms with Crippen LogP contribution in [-0.4, -0.2) is 35.6 Å². The summed E-state index contributed by atoms with van der Waals surface area (Å²) in [5, 5.41) is 24.6. The summed E-state index contributed by atoms with van der Waals surface area (Å²) in [6.45, 7) is 4.38. The Kier molecular flexibility index (Phi) is 7.88. The molecule has 0 aliphatic heterocycles. The summed E-state index contributed by atoms with van der Waals surface area (Å²) in [5.41, 5.74) is 2.70. The van der Waals surface area contributed by atoms with Crippen molar-refractivity contribution < 1.29 is 19.4 Å². The summed E-state index contributed by atoms with van der Waals surface area (Å²) in [4.78, 5) is 28.1. The van der Waals surface area contributed by atoms with E-state index in [2.05, 4.69) is 21.7 Å². The predicted octanol–water partition coefficient (Wildman–Crippen LogP) is 4.06. The Hall–Kier alpha value is -3.60. The molecule has 2 aromatic rings. The molecule has 0 unspecified atom stereocenters. The van der Waals surface area contributed by atoms with E-state index in [9.17, 15) is 14.9 Å². The largest absolute Gasteiger partial charge is 0.496 e. The van der Waals surface area contributed by atoms with Crippen molar-refractivity contribution in [3.63, 3.8) is 0 Å². The number of rotatable bonds is 8. The van der Waals surface area contributed by atoms with Gasteiger partial charge in [0.15, 0.2) is 0 Å². The highest BCUT2D eigenvalue weighted by atomic mass is 16.5. The lowest BCUT2D eigenvalue weighted by Gasteiger charge is -2.26. The Morgan fingerprint density at radius 2 is 2.00 bits per heavy atom. The molecule has 1 atom stereocenters. The lowest BCUT2D eigenvalue weighted by Crippen LogP contribution is -2.32. The van der Waals surface area contributed by atoms with E-state index in [1.165, 1.54) is 0 Å². The van der Waals surface area contributed by atoms with Crippen molar-refractivity contribution in [2.75, 3.05) is 19.0 Å². The van der Waals surface area contributed by atoms with E-state index in [0.29, 0.717) is 48.0 Å². The van der Waals surface area contributed by atoms with Gasteiger partial charge in [-0.1, -0.05) is 0 Å². The average molecular weight is 451 g/mol. The summed E-state index contributed by atoms with van der Waals surface area (Å²) in [6.07, 6.45) is 4.49. The minimum atomic E-state index is -0.724. The van der Waals surface area contributed by atoms with Crippen LogP contribution in [0.2, 0.25) is 0 Å². The highest BCUT2D eigenvalue weighted by Crippen LogP contribution is 2.30. The topological polar surface area (TPSA) is 124 Å². The average Bonchev–Trinajstić information content (AvgIpc) is 2.83. The summed E-state index contributed by atoms with van der Waals surface area (Å²) in [7, 11) is 1.59. The second kappa shape index (κ2) is 10.8. The van der Waals surface area contributed by atoms with E-state index in [0.717, 1.165) is 24.0 Å². The van der Waals surface area contributed by atoms with Gasteiger partial charge >= 0.3 is 5.97 Å². The molecule has 1 saturated carbocycles. The second-order valence-corrected chi connectivity index (χ2v) is 8.59. The van der Waals surface area contributed by atoms with Crippen LogP contribution in [-0.2, 0) is 4.79 Å². The van der Waals surface area contributed by atoms with Crippen molar-refractivity contribution in [1.29, 1.82) is 5.26 Å². The number of aliphatic carboxylic acids is 1. The highest BCUT2D eigenvalue weighted by Gasteiger charge is 2.26. The molecule has 1 aromatic carbocycles. The first-order valence-electron chi connectivity index (χ1n) is 11.1. The summed E-state index contributed by atoms with van der Waals surface area (Å²) >= 11 is 0. The van der Waals surface area contributed by atoms with Gasteiger partial charge in [-0.15, -0.1) is 0 Å². The zero-order valence-electron chi connectivity index (χ0n) is 19.2. The van der Waals surface area contributed by atoms with Gasteiger partial charge in [-0.05, 0) is 75.3 Å². The minimum Gasteiger partial charge on any atom is -0.496 e. The van der Waals surface area contributed by atoms with Crippen LogP contribution < -0.4 is 15.4 Å². The van der Waals surface area contributed by atoms with Crippen molar-refractivity contribution in [3.05, 3.63) is 52.7 Å². The van der Waals surface area contributed by atoms with E-state index in [1.807, 2.05) is 13.8 Å². The van der Waals surface area contributed by atoms with Gasteiger partial charge in [-0.3, -0.25) is 9.59 Å². The number of nitriles is 1. The zero-order chi connectivity index (χ0) is 24.0. The van der Waals surface area contributed by atoms with Crippen molar-refractivity contribution in [2.45, 2.75) is 45.6 Å². The number of nitrogens with one attached hydrogen (secondary N) is 2. The SMILES string of the molecule is COc1ccc(C#N)cc1[C@H](C)Nc1ncc(C(=O)NC[C@H]2CC[C@H](C(=O)O)CC2)cc1C. The second-order valence-electron chi connectivity index (χ2n) is 8.59. The van der Waals surface area contributed by atoms with Crippen LogP contribution >= 0.6 is 0 Å². The van der Waals surface area contributed by atoms with E-state index < -0.39 is 5.97 Å². The third-order valence-corrected chi connectivity index (χ3v) is 6.27. The van der Waals surface area contributed by atoms with Crippen LogP contribution in [0.25, 0.3) is 0 Å². The lowest BCUT2D eigenvalue weighted by molar-refractivity contribution is -0.143. The predicted molar refractivity (Wildman–Crippen MR) is 124 cm³/mol. The fourth-order valence-electron chi connectivity index (χ4n) is 4.23. The number of methoxy groups -OCH3 is 1. The molecule has 8 heteroatoms. The maximum atomic E-state index is 12.6. The van der Waals surface area contributed by atoms with E-state index in [4.69, 9.17) is 9.84 Å². The van der Waals surface area contributed by atoms with E-state index >= 15 is 0 Å². The number of carboxylic acids is 1. The van der Waals surface area contributed by atoms with Crippen molar-refractivity contribution in [3.8, 4) is 11.8 Å². The molecule has 1 aliphatic carbocycles. The Bertz CT molecular complexity index is 1050. The monoisotopic (exact) mass is 450 g/mol. The normalized spacial score (nSPS) is 18.6. The number of aromatic nitrogens is 1. The van der Waals surface area contributed by atoms with Gasteiger partial charge in [-0.2, -0.15) is 5.26 Å². The number of benzene rings is 1. The molecule has 1 heterocycles. The quantitative estimate of drug-likeness (QED) is 0.554. The zero-order valence-corrected chi connectivity index (χ0v) is 19.2. The number of hydrogen-bond acceptors (Lipinski definition) is 6. The van der Waals surface area contributed by atoms with Crippen LogP contribution in [0.15, 0.2) is 30.5 Å². The fraction of sp³-hybridized carbons (Fsp3) is 0.440. The molecular formula is C25H30N4O4. The number of carboxylic acid groups (broad SMARTS) is 1. The number of anilines is 1. The fourth-order valence-corrected chi connectivity index (χ4v) is 4.23. The summed E-state index contributed by atoms with van der Waals surface area (Å²) < 4.78 is 5.43. The number of carbonyl (C=O) groups excluding carboxylic acids is 1. The van der Waals surface area contributed by atoms with E-state index in [1.54, 1.807) is 37.6 Å². The Morgan fingerprint density at radius 1 is 1.27 bits per heavy atom. The number of aryl methyl sites for hydroxylation is 1. The molecular weight excluding hydrogens is 420 g/mol. The molecule has 1 aromatic heterocycles. The van der Waals surface area contributed by atoms with Crippen LogP contribution in [0, 0.1) is 30.1 Å². The molecule has 0 saturated heterocycles. The Labute approximate surface area is 194 Å².